The van der Waals surface area contributed by atoms with Crippen LogP contribution in [0.3, 0.4) is 0 Å². The molecule has 0 saturated carbocycles. The van der Waals surface area contributed by atoms with Gasteiger partial charge in [0.25, 0.3) is 0 Å². The van der Waals surface area contributed by atoms with Gasteiger partial charge in [-0.3, -0.25) is 14.4 Å². The average molecular weight is 265 g/mol. The highest BCUT2D eigenvalue weighted by molar-refractivity contribution is 5.97. The number of piperazine rings is 1. The summed E-state index contributed by atoms with van der Waals surface area (Å²) in [6.45, 7) is 9.50. The van der Waals surface area contributed by atoms with Gasteiger partial charge in [0.1, 0.15) is 0 Å². The number of aryl methyl sites for hydroxylation is 2. The number of hydrogen-bond donors (Lipinski definition) is 2. The monoisotopic (exact) mass is 265 g/mol. The van der Waals surface area contributed by atoms with E-state index in [4.69, 9.17) is 0 Å². The van der Waals surface area contributed by atoms with Crippen LogP contribution in [0.25, 0.3) is 0 Å². The van der Waals surface area contributed by atoms with Crippen molar-refractivity contribution in [1.82, 2.24) is 20.0 Å². The van der Waals surface area contributed by atoms with Gasteiger partial charge in [-0.15, -0.1) is 0 Å². The van der Waals surface area contributed by atoms with Gasteiger partial charge in [-0.1, -0.05) is 0 Å². The first-order valence-electron chi connectivity index (χ1n) is 6.68. The molecule has 1 amide bonds. The van der Waals surface area contributed by atoms with Crippen molar-refractivity contribution in [2.75, 3.05) is 31.5 Å². The van der Waals surface area contributed by atoms with E-state index in [1.165, 1.54) is 0 Å². The minimum absolute atomic E-state index is 0.0190. The number of aromatic nitrogens is 2. The number of nitrogens with one attached hydrogen (secondary N) is 2. The molecule has 106 valence electrons. The Morgan fingerprint density at radius 2 is 2.05 bits per heavy atom. The van der Waals surface area contributed by atoms with Gasteiger partial charge in [-0.2, -0.15) is 5.10 Å². The minimum atomic E-state index is -0.510. The average Bonchev–Trinajstić information content (AvgIpc) is 2.69. The molecular weight excluding hydrogens is 242 g/mol. The third kappa shape index (κ3) is 2.96. The summed E-state index contributed by atoms with van der Waals surface area (Å²) < 4.78 is 1.71. The Labute approximate surface area is 114 Å². The predicted molar refractivity (Wildman–Crippen MR) is 75.1 cm³/mol. The molecule has 19 heavy (non-hydrogen) atoms. The van der Waals surface area contributed by atoms with Crippen LogP contribution in [0.2, 0.25) is 0 Å². The Balaban J connectivity index is 2.07. The lowest BCUT2D eigenvalue weighted by Gasteiger charge is -2.39. The second-order valence-electron chi connectivity index (χ2n) is 5.55. The van der Waals surface area contributed by atoms with Crippen LogP contribution >= 0.6 is 0 Å². The molecule has 1 aliphatic heterocycles. The van der Waals surface area contributed by atoms with Crippen LogP contribution < -0.4 is 10.6 Å². The summed E-state index contributed by atoms with van der Waals surface area (Å²) in [7, 11) is 1.85. The van der Waals surface area contributed by atoms with Crippen LogP contribution in [-0.4, -0.2) is 52.3 Å². The number of amides is 1. The molecule has 0 spiro atoms. The smallest absolute Gasteiger partial charge is 0.244 e. The van der Waals surface area contributed by atoms with Crippen LogP contribution in [0, 0.1) is 6.92 Å². The number of carbonyl (C=O) groups is 1. The second-order valence-corrected chi connectivity index (χ2v) is 5.55. The molecule has 0 radical (unpaired) electrons. The Hall–Kier alpha value is -1.40. The van der Waals surface area contributed by atoms with E-state index in [0.717, 1.165) is 37.6 Å². The summed E-state index contributed by atoms with van der Waals surface area (Å²) in [6, 6.07) is 0. The maximum absolute atomic E-state index is 12.5. The maximum atomic E-state index is 12.5. The van der Waals surface area contributed by atoms with Crippen molar-refractivity contribution in [3.8, 4) is 0 Å². The fourth-order valence-electron chi connectivity index (χ4n) is 2.37. The van der Waals surface area contributed by atoms with Crippen molar-refractivity contribution in [1.29, 1.82) is 0 Å². The summed E-state index contributed by atoms with van der Waals surface area (Å²) in [6.07, 6.45) is 1.83. The summed E-state index contributed by atoms with van der Waals surface area (Å²) in [5, 5.41) is 10.5. The van der Waals surface area contributed by atoms with Gasteiger partial charge in [0.2, 0.25) is 5.91 Å². The number of anilines is 1. The van der Waals surface area contributed by atoms with Crippen LogP contribution in [-0.2, 0) is 11.8 Å². The van der Waals surface area contributed by atoms with Gasteiger partial charge in [0.05, 0.1) is 16.9 Å². The lowest BCUT2D eigenvalue weighted by molar-refractivity contribution is -0.126. The molecule has 6 nitrogen and oxygen atoms in total. The van der Waals surface area contributed by atoms with E-state index in [9.17, 15) is 4.79 Å². The molecule has 0 aromatic carbocycles. The molecule has 0 unspecified atom stereocenters. The molecule has 0 atom stereocenters. The standard InChI is InChI=1S/C13H23N5O/c1-10-11(9-17(4)16-10)15-12(19)13(2,3)18-7-5-14-6-8-18/h9,14H,5-8H2,1-4H3,(H,15,19). The minimum Gasteiger partial charge on any atom is -0.322 e. The van der Waals surface area contributed by atoms with Crippen LogP contribution in [0.15, 0.2) is 6.20 Å². The molecule has 2 rings (SSSR count). The molecule has 1 fully saturated rings. The SMILES string of the molecule is Cc1nn(C)cc1NC(=O)C(C)(C)N1CCNCC1. The molecule has 2 N–H and O–H groups in total. The summed E-state index contributed by atoms with van der Waals surface area (Å²) in [4.78, 5) is 14.7. The van der Waals surface area contributed by atoms with Gasteiger partial charge in [-0.25, -0.2) is 0 Å². The van der Waals surface area contributed by atoms with E-state index in [1.807, 2.05) is 34.0 Å². The quantitative estimate of drug-likeness (QED) is 0.828. The third-order valence-corrected chi connectivity index (χ3v) is 3.72. The maximum Gasteiger partial charge on any atom is 0.244 e. The van der Waals surface area contributed by atoms with E-state index in [1.54, 1.807) is 4.68 Å². The lowest BCUT2D eigenvalue weighted by Crippen LogP contribution is -2.58. The zero-order valence-electron chi connectivity index (χ0n) is 12.2. The summed E-state index contributed by atoms with van der Waals surface area (Å²) in [5.41, 5.74) is 1.12. The highest BCUT2D eigenvalue weighted by Crippen LogP contribution is 2.19. The van der Waals surface area contributed by atoms with Crippen LogP contribution in [0.1, 0.15) is 19.5 Å². The normalized spacial score (nSPS) is 17.5. The van der Waals surface area contributed by atoms with Crippen molar-refractivity contribution in [3.63, 3.8) is 0 Å². The van der Waals surface area contributed by atoms with E-state index >= 15 is 0 Å². The van der Waals surface area contributed by atoms with Crippen molar-refractivity contribution >= 4 is 11.6 Å². The van der Waals surface area contributed by atoms with Crippen LogP contribution in [0.5, 0.6) is 0 Å². The zero-order chi connectivity index (χ0) is 14.0. The molecule has 6 heteroatoms. The molecule has 1 aromatic heterocycles. The van der Waals surface area contributed by atoms with Gasteiger partial charge in [0.15, 0.2) is 0 Å². The summed E-state index contributed by atoms with van der Waals surface area (Å²) >= 11 is 0. The summed E-state index contributed by atoms with van der Waals surface area (Å²) in [5.74, 6) is 0.0190. The molecule has 1 aromatic rings. The van der Waals surface area contributed by atoms with Crippen molar-refractivity contribution in [2.24, 2.45) is 7.05 Å². The number of nitrogens with zero attached hydrogens (tertiary/aromatic N) is 3. The van der Waals surface area contributed by atoms with Gasteiger partial charge >= 0.3 is 0 Å². The molecular formula is C13H23N5O. The molecule has 2 heterocycles. The Kier molecular flexibility index (Phi) is 3.91. The molecule has 1 saturated heterocycles. The highest BCUT2D eigenvalue weighted by Gasteiger charge is 2.35. The fraction of sp³-hybridized carbons (Fsp3) is 0.692. The van der Waals surface area contributed by atoms with E-state index in [2.05, 4.69) is 20.6 Å². The van der Waals surface area contributed by atoms with Crippen molar-refractivity contribution in [2.45, 2.75) is 26.3 Å². The number of hydrogen-bond acceptors (Lipinski definition) is 4. The van der Waals surface area contributed by atoms with E-state index < -0.39 is 5.54 Å². The predicted octanol–water partition coefficient (Wildman–Crippen LogP) is 0.351. The first-order chi connectivity index (χ1) is 8.91. The Morgan fingerprint density at radius 1 is 1.42 bits per heavy atom. The Morgan fingerprint density at radius 3 is 2.58 bits per heavy atom. The van der Waals surface area contributed by atoms with Crippen LogP contribution in [0.4, 0.5) is 5.69 Å². The molecule has 1 aliphatic rings. The Bertz CT molecular complexity index is 460. The van der Waals surface area contributed by atoms with E-state index in [-0.39, 0.29) is 5.91 Å². The van der Waals surface area contributed by atoms with Gasteiger partial charge < -0.3 is 10.6 Å². The first kappa shape index (κ1) is 14.0. The van der Waals surface area contributed by atoms with Gasteiger partial charge in [-0.05, 0) is 20.8 Å². The molecule has 0 aliphatic carbocycles. The zero-order valence-corrected chi connectivity index (χ0v) is 12.2. The van der Waals surface area contributed by atoms with Crippen molar-refractivity contribution < 1.29 is 4.79 Å². The second kappa shape index (κ2) is 5.30. The van der Waals surface area contributed by atoms with Crippen molar-refractivity contribution in [3.05, 3.63) is 11.9 Å². The number of rotatable bonds is 3. The fourth-order valence-corrected chi connectivity index (χ4v) is 2.37. The first-order valence-corrected chi connectivity index (χ1v) is 6.68. The lowest BCUT2D eigenvalue weighted by atomic mass is 10.0. The number of carbonyl (C=O) groups excluding carboxylic acids is 1. The topological polar surface area (TPSA) is 62.2 Å². The highest BCUT2D eigenvalue weighted by atomic mass is 16.2. The van der Waals surface area contributed by atoms with Gasteiger partial charge in [0, 0.05) is 39.4 Å². The van der Waals surface area contributed by atoms with E-state index in [0.29, 0.717) is 0 Å². The third-order valence-electron chi connectivity index (χ3n) is 3.72. The molecule has 0 bridgehead atoms. The largest absolute Gasteiger partial charge is 0.322 e.